The van der Waals surface area contributed by atoms with E-state index in [1.54, 1.807) is 0 Å². The van der Waals surface area contributed by atoms with Crippen LogP contribution >= 0.6 is 0 Å². The van der Waals surface area contributed by atoms with Gasteiger partial charge in [-0.05, 0) is 24.8 Å². The van der Waals surface area contributed by atoms with Crippen molar-refractivity contribution >= 4 is 11.7 Å². The molecule has 0 heterocycles. The first-order valence-corrected chi connectivity index (χ1v) is 5.99. The Morgan fingerprint density at radius 1 is 1.28 bits per heavy atom. The summed E-state index contributed by atoms with van der Waals surface area (Å²) >= 11 is 0. The van der Waals surface area contributed by atoms with Gasteiger partial charge in [-0.2, -0.15) is 0 Å². The Labute approximate surface area is 104 Å². The van der Waals surface area contributed by atoms with Crippen molar-refractivity contribution in [2.75, 3.05) is 12.3 Å². The highest BCUT2D eigenvalue weighted by Crippen LogP contribution is 2.25. The average molecular weight is 255 g/mol. The van der Waals surface area contributed by atoms with Crippen molar-refractivity contribution in [3.05, 3.63) is 29.3 Å². The van der Waals surface area contributed by atoms with Crippen LogP contribution in [-0.4, -0.2) is 12.6 Å². The third kappa shape index (κ3) is 2.78. The summed E-state index contributed by atoms with van der Waals surface area (Å²) in [4.78, 5) is 11.6. The van der Waals surface area contributed by atoms with Crippen molar-refractivity contribution in [3.63, 3.8) is 0 Å². The van der Waals surface area contributed by atoms with Gasteiger partial charge < -0.3 is 10.5 Å². The maximum absolute atomic E-state index is 13.4. The molecular formula is C13H15F2NO2. The third-order valence-electron chi connectivity index (χ3n) is 3.23. The summed E-state index contributed by atoms with van der Waals surface area (Å²) in [6, 6.07) is 1.57. The molecule has 0 saturated heterocycles. The summed E-state index contributed by atoms with van der Waals surface area (Å²) in [6.07, 6.45) is 4.34. The van der Waals surface area contributed by atoms with Crippen LogP contribution in [-0.2, 0) is 4.74 Å². The SMILES string of the molecule is Nc1cc(C(=O)OCC2CCCC2)c(F)cc1F. The van der Waals surface area contributed by atoms with Crippen molar-refractivity contribution in [3.8, 4) is 0 Å². The van der Waals surface area contributed by atoms with E-state index in [0.717, 1.165) is 31.7 Å². The van der Waals surface area contributed by atoms with Gasteiger partial charge in [-0.3, -0.25) is 0 Å². The Bertz CT molecular complexity index is 457. The quantitative estimate of drug-likeness (QED) is 0.667. The van der Waals surface area contributed by atoms with Crippen LogP contribution in [0, 0.1) is 17.6 Å². The first-order valence-electron chi connectivity index (χ1n) is 5.99. The number of anilines is 1. The van der Waals surface area contributed by atoms with Crippen molar-refractivity contribution < 1.29 is 18.3 Å². The summed E-state index contributed by atoms with van der Waals surface area (Å²) in [5.41, 5.74) is 4.72. The highest BCUT2D eigenvalue weighted by Gasteiger charge is 2.20. The first kappa shape index (κ1) is 12.8. The Morgan fingerprint density at radius 3 is 2.61 bits per heavy atom. The molecule has 2 N–H and O–H groups in total. The Hall–Kier alpha value is -1.65. The zero-order valence-electron chi connectivity index (χ0n) is 9.92. The number of carbonyl (C=O) groups is 1. The molecular weight excluding hydrogens is 240 g/mol. The summed E-state index contributed by atoms with van der Waals surface area (Å²) in [5, 5.41) is 0. The Kier molecular flexibility index (Phi) is 3.79. The van der Waals surface area contributed by atoms with Crippen LogP contribution in [0.4, 0.5) is 14.5 Å². The summed E-state index contributed by atoms with van der Waals surface area (Å²) in [5.74, 6) is -2.25. The maximum atomic E-state index is 13.4. The molecule has 2 rings (SSSR count). The van der Waals surface area contributed by atoms with Crippen molar-refractivity contribution in [1.29, 1.82) is 0 Å². The van der Waals surface area contributed by atoms with Gasteiger partial charge in [0.1, 0.15) is 11.6 Å². The van der Waals surface area contributed by atoms with Gasteiger partial charge in [-0.1, -0.05) is 12.8 Å². The van der Waals surface area contributed by atoms with Gasteiger partial charge >= 0.3 is 5.97 Å². The fraction of sp³-hybridized carbons (Fsp3) is 0.462. The van der Waals surface area contributed by atoms with E-state index in [4.69, 9.17) is 10.5 Å². The molecule has 0 radical (unpaired) electrons. The topological polar surface area (TPSA) is 52.3 Å². The number of nitrogen functional groups attached to an aromatic ring is 1. The number of esters is 1. The summed E-state index contributed by atoms with van der Waals surface area (Å²) < 4.78 is 31.4. The summed E-state index contributed by atoms with van der Waals surface area (Å²) in [6.45, 7) is 0.287. The van der Waals surface area contributed by atoms with Crippen LogP contribution in [0.5, 0.6) is 0 Å². The van der Waals surface area contributed by atoms with Gasteiger partial charge in [0, 0.05) is 6.07 Å². The smallest absolute Gasteiger partial charge is 0.341 e. The molecule has 1 fully saturated rings. The van der Waals surface area contributed by atoms with Crippen LogP contribution in [0.15, 0.2) is 12.1 Å². The number of hydrogen-bond acceptors (Lipinski definition) is 3. The van der Waals surface area contributed by atoms with Crippen LogP contribution in [0.25, 0.3) is 0 Å². The number of halogens is 2. The highest BCUT2D eigenvalue weighted by atomic mass is 19.1. The van der Waals surface area contributed by atoms with Crippen LogP contribution in [0.1, 0.15) is 36.0 Å². The largest absolute Gasteiger partial charge is 0.462 e. The lowest BCUT2D eigenvalue weighted by atomic mass is 10.1. The van der Waals surface area contributed by atoms with E-state index >= 15 is 0 Å². The van der Waals surface area contributed by atoms with Crippen LogP contribution in [0.2, 0.25) is 0 Å². The van der Waals surface area contributed by atoms with E-state index in [9.17, 15) is 13.6 Å². The lowest BCUT2D eigenvalue weighted by Gasteiger charge is -2.10. The van der Waals surface area contributed by atoms with Gasteiger partial charge in [-0.15, -0.1) is 0 Å². The number of nitrogens with two attached hydrogens (primary N) is 1. The van der Waals surface area contributed by atoms with Crippen molar-refractivity contribution in [2.45, 2.75) is 25.7 Å². The van der Waals surface area contributed by atoms with E-state index in [1.165, 1.54) is 0 Å². The molecule has 1 aromatic carbocycles. The molecule has 1 aliphatic rings. The van der Waals surface area contributed by atoms with Gasteiger partial charge in [-0.25, -0.2) is 13.6 Å². The molecule has 1 aliphatic carbocycles. The minimum Gasteiger partial charge on any atom is -0.462 e. The molecule has 1 saturated carbocycles. The van der Waals surface area contributed by atoms with Gasteiger partial charge in [0.25, 0.3) is 0 Å². The number of ether oxygens (including phenoxy) is 1. The second kappa shape index (κ2) is 5.33. The molecule has 3 nitrogen and oxygen atoms in total. The fourth-order valence-corrected chi connectivity index (χ4v) is 2.17. The van der Waals surface area contributed by atoms with Gasteiger partial charge in [0.05, 0.1) is 17.9 Å². The molecule has 18 heavy (non-hydrogen) atoms. The zero-order valence-corrected chi connectivity index (χ0v) is 9.92. The average Bonchev–Trinajstić information content (AvgIpc) is 2.84. The van der Waals surface area contributed by atoms with Crippen molar-refractivity contribution in [1.82, 2.24) is 0 Å². The molecule has 0 atom stereocenters. The molecule has 0 aliphatic heterocycles. The van der Waals surface area contributed by atoms with Crippen LogP contribution in [0.3, 0.4) is 0 Å². The van der Waals surface area contributed by atoms with Gasteiger partial charge in [0.15, 0.2) is 0 Å². The monoisotopic (exact) mass is 255 g/mol. The van der Waals surface area contributed by atoms with E-state index < -0.39 is 17.6 Å². The third-order valence-corrected chi connectivity index (χ3v) is 3.23. The molecule has 0 aromatic heterocycles. The maximum Gasteiger partial charge on any atom is 0.341 e. The highest BCUT2D eigenvalue weighted by molar-refractivity contribution is 5.90. The number of rotatable bonds is 3. The molecule has 5 heteroatoms. The first-order chi connectivity index (χ1) is 8.58. The Morgan fingerprint density at radius 2 is 1.94 bits per heavy atom. The molecule has 1 aromatic rings. The number of hydrogen-bond donors (Lipinski definition) is 1. The zero-order chi connectivity index (χ0) is 13.1. The Balaban J connectivity index is 2.01. The number of carbonyl (C=O) groups excluding carboxylic acids is 1. The normalized spacial score (nSPS) is 15.9. The molecule has 0 unspecified atom stereocenters. The lowest BCUT2D eigenvalue weighted by Crippen LogP contribution is -2.14. The predicted octanol–water partition coefficient (Wildman–Crippen LogP) is 2.89. The molecule has 98 valence electrons. The van der Waals surface area contributed by atoms with Gasteiger partial charge in [0.2, 0.25) is 0 Å². The molecule has 0 spiro atoms. The second-order valence-electron chi connectivity index (χ2n) is 4.60. The van der Waals surface area contributed by atoms with Crippen LogP contribution < -0.4 is 5.73 Å². The minimum absolute atomic E-state index is 0.260. The predicted molar refractivity (Wildman–Crippen MR) is 63.0 cm³/mol. The molecule has 0 bridgehead atoms. The minimum atomic E-state index is -0.946. The molecule has 0 amide bonds. The van der Waals surface area contributed by atoms with E-state index in [0.29, 0.717) is 12.0 Å². The fourth-order valence-electron chi connectivity index (χ4n) is 2.17. The lowest BCUT2D eigenvalue weighted by molar-refractivity contribution is 0.0437. The second-order valence-corrected chi connectivity index (χ2v) is 4.60. The van der Waals surface area contributed by atoms with E-state index in [2.05, 4.69) is 0 Å². The number of benzene rings is 1. The summed E-state index contributed by atoms with van der Waals surface area (Å²) in [7, 11) is 0. The van der Waals surface area contributed by atoms with E-state index in [-0.39, 0.29) is 17.9 Å². The standard InChI is InChI=1S/C13H15F2NO2/c14-10-6-11(15)12(16)5-9(10)13(17)18-7-8-3-1-2-4-8/h5-6,8H,1-4,7,16H2. The van der Waals surface area contributed by atoms with Crippen molar-refractivity contribution in [2.24, 2.45) is 5.92 Å². The van der Waals surface area contributed by atoms with E-state index in [1.807, 2.05) is 0 Å².